The van der Waals surface area contributed by atoms with Gasteiger partial charge in [0.15, 0.2) is 0 Å². The first-order valence-electron chi connectivity index (χ1n) is 5.00. The fourth-order valence-electron chi connectivity index (χ4n) is 1.52. The maximum absolute atomic E-state index is 13.5. The third-order valence-corrected chi connectivity index (χ3v) is 2.34. The summed E-state index contributed by atoms with van der Waals surface area (Å²) in [5.74, 6) is -0.487. The summed E-state index contributed by atoms with van der Waals surface area (Å²) in [7, 11) is 1.31. The molecule has 0 bridgehead atoms. The van der Waals surface area contributed by atoms with Crippen molar-refractivity contribution in [3.63, 3.8) is 0 Å². The maximum Gasteiger partial charge on any atom is 0.389 e. The third-order valence-electron chi connectivity index (χ3n) is 2.34. The summed E-state index contributed by atoms with van der Waals surface area (Å²) in [6.07, 6.45) is -5.72. The molecule has 7 heteroatoms. The predicted octanol–water partition coefficient (Wildman–Crippen LogP) is 3.60. The van der Waals surface area contributed by atoms with E-state index in [2.05, 4.69) is 0 Å². The summed E-state index contributed by atoms with van der Waals surface area (Å²) in [5.41, 5.74) is 5.54. The van der Waals surface area contributed by atoms with Gasteiger partial charge in [0.1, 0.15) is 11.6 Å². The monoisotopic (exact) mass is 287 g/mol. The minimum absolute atomic E-state index is 0. The summed E-state index contributed by atoms with van der Waals surface area (Å²) < 4.78 is 54.4. The molecule has 0 amide bonds. The molecule has 0 saturated heterocycles. The lowest BCUT2D eigenvalue weighted by atomic mass is 10.0. The van der Waals surface area contributed by atoms with E-state index in [1.165, 1.54) is 19.2 Å². The Bertz CT molecular complexity index is 384. The lowest BCUT2D eigenvalue weighted by Crippen LogP contribution is -2.17. The fourth-order valence-corrected chi connectivity index (χ4v) is 1.52. The highest BCUT2D eigenvalue weighted by molar-refractivity contribution is 5.85. The Balaban J connectivity index is 0.00000289. The molecule has 0 aliphatic heterocycles. The molecule has 104 valence electrons. The lowest BCUT2D eigenvalue weighted by Gasteiger charge is -2.17. The standard InChI is InChI=1S/C11H13F4NO.ClH/c1-17-9-4-2-3-7(12)10(9)8(16)5-6-11(13,14)15;/h2-4,8H,5-6,16H2,1H3;1H/t8-;/m0./s1. The largest absolute Gasteiger partial charge is 0.496 e. The van der Waals surface area contributed by atoms with Crippen molar-refractivity contribution in [2.75, 3.05) is 7.11 Å². The molecule has 1 rings (SSSR count). The van der Waals surface area contributed by atoms with E-state index in [1.54, 1.807) is 0 Å². The molecule has 1 aromatic rings. The Labute approximate surface area is 109 Å². The lowest BCUT2D eigenvalue weighted by molar-refractivity contribution is -0.136. The molecule has 0 unspecified atom stereocenters. The van der Waals surface area contributed by atoms with Gasteiger partial charge in [0.05, 0.1) is 7.11 Å². The molecule has 2 nitrogen and oxygen atoms in total. The zero-order valence-electron chi connectivity index (χ0n) is 9.63. The predicted molar refractivity (Wildman–Crippen MR) is 62.4 cm³/mol. The Morgan fingerprint density at radius 1 is 1.33 bits per heavy atom. The molecule has 0 aliphatic rings. The van der Waals surface area contributed by atoms with Gasteiger partial charge >= 0.3 is 6.18 Å². The number of halogens is 5. The Kier molecular flexibility index (Phi) is 6.42. The number of hydrogen-bond donors (Lipinski definition) is 1. The first kappa shape index (κ1) is 17.0. The third kappa shape index (κ3) is 4.70. The van der Waals surface area contributed by atoms with Crippen LogP contribution in [0.25, 0.3) is 0 Å². The number of rotatable bonds is 4. The van der Waals surface area contributed by atoms with Gasteiger partial charge in [-0.25, -0.2) is 4.39 Å². The van der Waals surface area contributed by atoms with Crippen LogP contribution in [0.5, 0.6) is 5.75 Å². The molecule has 18 heavy (non-hydrogen) atoms. The van der Waals surface area contributed by atoms with Crippen LogP contribution in [0.2, 0.25) is 0 Å². The van der Waals surface area contributed by atoms with Crippen molar-refractivity contribution in [1.29, 1.82) is 0 Å². The summed E-state index contributed by atoms with van der Waals surface area (Å²) in [6, 6.07) is 2.98. The second kappa shape index (κ2) is 6.80. The van der Waals surface area contributed by atoms with Crippen molar-refractivity contribution in [2.45, 2.75) is 25.1 Å². The maximum atomic E-state index is 13.5. The number of nitrogens with two attached hydrogens (primary N) is 1. The smallest absolute Gasteiger partial charge is 0.389 e. The van der Waals surface area contributed by atoms with Crippen LogP contribution in [0, 0.1) is 5.82 Å². The zero-order valence-corrected chi connectivity index (χ0v) is 10.4. The van der Waals surface area contributed by atoms with Crippen molar-refractivity contribution in [3.05, 3.63) is 29.6 Å². The van der Waals surface area contributed by atoms with Crippen LogP contribution in [0.1, 0.15) is 24.4 Å². The number of ether oxygens (including phenoxy) is 1. The van der Waals surface area contributed by atoms with Gasteiger partial charge in [-0.2, -0.15) is 13.2 Å². The van der Waals surface area contributed by atoms with Gasteiger partial charge in [-0.15, -0.1) is 12.4 Å². The van der Waals surface area contributed by atoms with E-state index in [0.717, 1.165) is 6.07 Å². The van der Waals surface area contributed by atoms with Gasteiger partial charge in [0.2, 0.25) is 0 Å². The molecule has 0 aliphatic carbocycles. The summed E-state index contributed by atoms with van der Waals surface area (Å²) in [6.45, 7) is 0. The number of hydrogen-bond acceptors (Lipinski definition) is 2. The first-order valence-corrected chi connectivity index (χ1v) is 5.00. The second-order valence-electron chi connectivity index (χ2n) is 3.62. The molecule has 1 aromatic carbocycles. The van der Waals surface area contributed by atoms with E-state index in [0.29, 0.717) is 0 Å². The average Bonchev–Trinajstić information content (AvgIpc) is 2.24. The van der Waals surface area contributed by atoms with Gasteiger partial charge in [0.25, 0.3) is 0 Å². The van der Waals surface area contributed by atoms with Crippen molar-refractivity contribution in [2.24, 2.45) is 5.73 Å². The van der Waals surface area contributed by atoms with E-state index in [4.69, 9.17) is 10.5 Å². The Morgan fingerprint density at radius 3 is 2.44 bits per heavy atom. The van der Waals surface area contributed by atoms with Crippen LogP contribution in [-0.2, 0) is 0 Å². The van der Waals surface area contributed by atoms with Crippen molar-refractivity contribution in [1.82, 2.24) is 0 Å². The summed E-state index contributed by atoms with van der Waals surface area (Å²) >= 11 is 0. The Morgan fingerprint density at radius 2 is 1.94 bits per heavy atom. The molecule has 0 radical (unpaired) electrons. The fraction of sp³-hybridized carbons (Fsp3) is 0.455. The van der Waals surface area contributed by atoms with Gasteiger partial charge in [0, 0.05) is 18.0 Å². The van der Waals surface area contributed by atoms with E-state index < -0.39 is 24.5 Å². The van der Waals surface area contributed by atoms with Crippen molar-refractivity contribution >= 4 is 12.4 Å². The van der Waals surface area contributed by atoms with Crippen LogP contribution in [0.4, 0.5) is 17.6 Å². The normalized spacial score (nSPS) is 12.8. The molecule has 0 heterocycles. The summed E-state index contributed by atoms with van der Waals surface area (Å²) in [5, 5.41) is 0. The number of methoxy groups -OCH3 is 1. The van der Waals surface area contributed by atoms with Crippen LogP contribution < -0.4 is 10.5 Å². The molecular formula is C11H14ClF4NO. The molecule has 0 fully saturated rings. The minimum Gasteiger partial charge on any atom is -0.496 e. The topological polar surface area (TPSA) is 35.2 Å². The highest BCUT2D eigenvalue weighted by Crippen LogP contribution is 2.32. The molecule has 0 saturated carbocycles. The molecule has 0 spiro atoms. The van der Waals surface area contributed by atoms with E-state index in [-0.39, 0.29) is 30.1 Å². The molecule has 0 aromatic heterocycles. The molecular weight excluding hydrogens is 274 g/mol. The van der Waals surface area contributed by atoms with Crippen LogP contribution in [0.15, 0.2) is 18.2 Å². The first-order chi connectivity index (χ1) is 7.85. The van der Waals surface area contributed by atoms with Gasteiger partial charge < -0.3 is 10.5 Å². The van der Waals surface area contributed by atoms with Gasteiger partial charge in [-0.3, -0.25) is 0 Å². The van der Waals surface area contributed by atoms with Crippen LogP contribution >= 0.6 is 12.4 Å². The second-order valence-corrected chi connectivity index (χ2v) is 3.62. The van der Waals surface area contributed by atoms with Gasteiger partial charge in [-0.05, 0) is 18.6 Å². The van der Waals surface area contributed by atoms with Crippen molar-refractivity contribution in [3.8, 4) is 5.75 Å². The van der Waals surface area contributed by atoms with Crippen LogP contribution in [-0.4, -0.2) is 13.3 Å². The average molecular weight is 288 g/mol. The van der Waals surface area contributed by atoms with Gasteiger partial charge in [-0.1, -0.05) is 6.07 Å². The minimum atomic E-state index is -4.30. The van der Waals surface area contributed by atoms with E-state index in [9.17, 15) is 17.6 Å². The SMILES string of the molecule is COc1cccc(F)c1[C@@H](N)CCC(F)(F)F.Cl. The molecule has 1 atom stereocenters. The molecule has 2 N–H and O–H groups in total. The van der Waals surface area contributed by atoms with E-state index in [1.807, 2.05) is 0 Å². The number of alkyl halides is 3. The Hall–Kier alpha value is -1.01. The highest BCUT2D eigenvalue weighted by atomic mass is 35.5. The zero-order chi connectivity index (χ0) is 13.1. The van der Waals surface area contributed by atoms with Crippen molar-refractivity contribution < 1.29 is 22.3 Å². The highest BCUT2D eigenvalue weighted by Gasteiger charge is 2.29. The quantitative estimate of drug-likeness (QED) is 0.859. The van der Waals surface area contributed by atoms with Crippen LogP contribution in [0.3, 0.4) is 0 Å². The van der Waals surface area contributed by atoms with E-state index >= 15 is 0 Å². The number of benzene rings is 1. The summed E-state index contributed by atoms with van der Waals surface area (Å²) in [4.78, 5) is 0.